The molecule has 0 fully saturated rings. The Morgan fingerprint density at radius 3 is 2.36 bits per heavy atom. The zero-order valence-electron chi connectivity index (χ0n) is 24.0. The van der Waals surface area contributed by atoms with Crippen molar-refractivity contribution in [3.05, 3.63) is 59.2 Å². The van der Waals surface area contributed by atoms with E-state index in [1.807, 2.05) is 65.0 Å². The van der Waals surface area contributed by atoms with E-state index in [2.05, 4.69) is 6.07 Å². The quantitative estimate of drug-likeness (QED) is 0.286. The molecule has 0 aliphatic rings. The fourth-order valence-electron chi connectivity index (χ4n) is 4.15. The zero-order chi connectivity index (χ0) is 28.8. The largest absolute Gasteiger partial charge is 0.497 e. The van der Waals surface area contributed by atoms with Crippen LogP contribution in [0.2, 0.25) is 0 Å². The summed E-state index contributed by atoms with van der Waals surface area (Å²) in [5.41, 5.74) is 1.31. The van der Waals surface area contributed by atoms with Crippen molar-refractivity contribution < 1.29 is 28.5 Å². The number of nitriles is 1. The summed E-state index contributed by atoms with van der Waals surface area (Å²) in [5.74, 6) is 1.53. The van der Waals surface area contributed by atoms with Crippen molar-refractivity contribution in [1.82, 2.24) is 4.98 Å². The lowest BCUT2D eigenvalue weighted by Crippen LogP contribution is -2.37. The first-order valence-corrected chi connectivity index (χ1v) is 12.6. The lowest BCUT2D eigenvalue weighted by Gasteiger charge is -2.31. The van der Waals surface area contributed by atoms with E-state index in [1.54, 1.807) is 33.5 Å². The minimum Gasteiger partial charge on any atom is -0.497 e. The van der Waals surface area contributed by atoms with Crippen LogP contribution in [0.5, 0.6) is 11.5 Å². The van der Waals surface area contributed by atoms with Gasteiger partial charge in [-0.1, -0.05) is 18.2 Å². The smallest absolute Gasteiger partial charge is 0.416 e. The van der Waals surface area contributed by atoms with Gasteiger partial charge in [-0.2, -0.15) is 5.26 Å². The van der Waals surface area contributed by atoms with Crippen LogP contribution in [0.25, 0.3) is 10.9 Å². The van der Waals surface area contributed by atoms with Gasteiger partial charge in [0, 0.05) is 24.1 Å². The highest BCUT2D eigenvalue weighted by Gasteiger charge is 2.30. The number of hydrogen-bond acceptors (Lipinski definition) is 8. The maximum Gasteiger partial charge on any atom is 0.416 e. The van der Waals surface area contributed by atoms with Crippen LogP contribution >= 0.6 is 0 Å². The molecule has 2 aromatic carbocycles. The minimum atomic E-state index is -0.811. The second-order valence-electron chi connectivity index (χ2n) is 10.5. The molecule has 0 saturated carbocycles. The number of fused-ring (bicyclic) bond motifs is 1. The lowest BCUT2D eigenvalue weighted by atomic mass is 9.92. The number of aromatic nitrogens is 1. The van der Waals surface area contributed by atoms with Gasteiger partial charge in [0.15, 0.2) is 0 Å². The average Bonchev–Trinajstić information content (AvgIpc) is 2.89. The molecule has 0 atom stereocenters. The molecule has 0 saturated heterocycles. The van der Waals surface area contributed by atoms with Gasteiger partial charge >= 0.3 is 6.09 Å². The summed E-state index contributed by atoms with van der Waals surface area (Å²) in [6.45, 7) is 9.45. The lowest BCUT2D eigenvalue weighted by molar-refractivity contribution is -0.117. The van der Waals surface area contributed by atoms with Crippen LogP contribution < -0.4 is 14.4 Å². The number of pyridine rings is 1. The van der Waals surface area contributed by atoms with Crippen molar-refractivity contribution in [2.24, 2.45) is 0 Å². The van der Waals surface area contributed by atoms with E-state index in [0.717, 1.165) is 22.1 Å². The Kier molecular flexibility index (Phi) is 9.38. The van der Waals surface area contributed by atoms with Gasteiger partial charge in [-0.3, -0.25) is 4.90 Å². The highest BCUT2D eigenvalue weighted by molar-refractivity contribution is 5.92. The molecule has 0 spiro atoms. The summed E-state index contributed by atoms with van der Waals surface area (Å²) in [4.78, 5) is 20.0. The molecule has 9 heteroatoms. The second kappa shape index (κ2) is 12.3. The van der Waals surface area contributed by atoms with Crippen molar-refractivity contribution in [3.63, 3.8) is 0 Å². The van der Waals surface area contributed by atoms with Crippen molar-refractivity contribution >= 4 is 22.8 Å². The number of amides is 1. The average molecular weight is 536 g/mol. The van der Waals surface area contributed by atoms with Gasteiger partial charge < -0.3 is 23.7 Å². The fraction of sp³-hybridized carbons (Fsp3) is 0.433. The second-order valence-corrected chi connectivity index (χ2v) is 10.5. The van der Waals surface area contributed by atoms with E-state index < -0.39 is 17.3 Å². The summed E-state index contributed by atoms with van der Waals surface area (Å²) in [6.07, 6.45) is -0.419. The van der Waals surface area contributed by atoms with Gasteiger partial charge in [0.1, 0.15) is 29.7 Å². The highest BCUT2D eigenvalue weighted by atomic mass is 16.7. The number of ether oxygens (including phenoxy) is 5. The SMILES string of the molecule is COCOC(C)(C)c1cc(N(Cc2ccc(OC)cc2OC)C(=O)OC(C)(C)C)nc2c(CC#N)cccc12. The van der Waals surface area contributed by atoms with Gasteiger partial charge in [-0.05, 0) is 63.9 Å². The normalized spacial score (nSPS) is 11.7. The molecular formula is C30H37N3O6. The molecular weight excluding hydrogens is 498 g/mol. The van der Waals surface area contributed by atoms with Gasteiger partial charge in [-0.15, -0.1) is 0 Å². The third kappa shape index (κ3) is 7.16. The molecule has 208 valence electrons. The summed E-state index contributed by atoms with van der Waals surface area (Å²) < 4.78 is 28.0. The number of carbonyl (C=O) groups excluding carboxylic acids is 1. The topological polar surface area (TPSA) is 103 Å². The van der Waals surface area contributed by atoms with Gasteiger partial charge in [0.25, 0.3) is 0 Å². The maximum atomic E-state index is 13.7. The number of para-hydroxylation sites is 1. The summed E-state index contributed by atoms with van der Waals surface area (Å²) in [7, 11) is 4.70. The predicted molar refractivity (Wildman–Crippen MR) is 149 cm³/mol. The van der Waals surface area contributed by atoms with E-state index in [-0.39, 0.29) is 19.8 Å². The number of nitrogens with zero attached hydrogens (tertiary/aromatic N) is 3. The third-order valence-electron chi connectivity index (χ3n) is 6.08. The van der Waals surface area contributed by atoms with Crippen molar-refractivity contribution in [2.45, 2.75) is 58.8 Å². The molecule has 0 radical (unpaired) electrons. The molecule has 0 bridgehead atoms. The Hall–Kier alpha value is -3.87. The zero-order valence-corrected chi connectivity index (χ0v) is 24.0. The van der Waals surface area contributed by atoms with Crippen LogP contribution in [-0.2, 0) is 32.8 Å². The molecule has 0 aliphatic carbocycles. The van der Waals surface area contributed by atoms with Crippen molar-refractivity contribution in [3.8, 4) is 17.6 Å². The van der Waals surface area contributed by atoms with Crippen LogP contribution in [0.15, 0.2) is 42.5 Å². The van der Waals surface area contributed by atoms with Crippen LogP contribution in [0.3, 0.4) is 0 Å². The molecule has 1 amide bonds. The number of anilines is 1. The molecule has 3 aromatic rings. The highest BCUT2D eigenvalue weighted by Crippen LogP contribution is 2.36. The summed E-state index contributed by atoms with van der Waals surface area (Å²) in [6, 6.07) is 15.1. The Morgan fingerprint density at radius 2 is 1.74 bits per heavy atom. The van der Waals surface area contributed by atoms with Gasteiger partial charge in [0.2, 0.25) is 0 Å². The first-order valence-electron chi connectivity index (χ1n) is 12.6. The van der Waals surface area contributed by atoms with Crippen molar-refractivity contribution in [1.29, 1.82) is 5.26 Å². The first kappa shape index (κ1) is 29.7. The van der Waals surface area contributed by atoms with Crippen LogP contribution in [0.1, 0.15) is 51.3 Å². The number of hydrogen-bond donors (Lipinski definition) is 0. The predicted octanol–water partition coefficient (Wildman–Crippen LogP) is 6.12. The number of benzene rings is 2. The molecule has 39 heavy (non-hydrogen) atoms. The molecule has 9 nitrogen and oxygen atoms in total. The molecule has 1 aromatic heterocycles. The molecule has 1 heterocycles. The van der Waals surface area contributed by atoms with Crippen LogP contribution in [0, 0.1) is 11.3 Å². The Bertz CT molecular complexity index is 1360. The van der Waals surface area contributed by atoms with E-state index >= 15 is 0 Å². The molecule has 0 N–H and O–H groups in total. The maximum absolute atomic E-state index is 13.7. The van der Waals surface area contributed by atoms with E-state index in [1.165, 1.54) is 4.90 Å². The standard InChI is InChI=1S/C30H37N3O6/c1-29(2,3)39-28(34)33(18-21-12-13-22(36-7)16-25(21)37-8)26-17-24(30(4,5)38-19-35-6)23-11-9-10-20(14-15-31)27(23)32-26/h9-13,16-17H,14,18-19H2,1-8H3. The monoisotopic (exact) mass is 535 g/mol. The fourth-order valence-corrected chi connectivity index (χ4v) is 4.15. The van der Waals surface area contributed by atoms with Crippen molar-refractivity contribution in [2.75, 3.05) is 33.0 Å². The number of carbonyl (C=O) groups is 1. The third-order valence-corrected chi connectivity index (χ3v) is 6.08. The van der Waals surface area contributed by atoms with E-state index in [4.69, 9.17) is 28.7 Å². The minimum absolute atomic E-state index is 0.0723. The number of rotatable bonds is 10. The van der Waals surface area contributed by atoms with Gasteiger partial charge in [-0.25, -0.2) is 9.78 Å². The Balaban J connectivity index is 2.28. The molecule has 0 unspecified atom stereocenters. The van der Waals surface area contributed by atoms with E-state index in [9.17, 15) is 10.1 Å². The number of methoxy groups -OCH3 is 3. The molecule has 0 aliphatic heterocycles. The Morgan fingerprint density at radius 1 is 1.00 bits per heavy atom. The van der Waals surface area contributed by atoms with Crippen LogP contribution in [0.4, 0.5) is 10.6 Å². The Labute approximate surface area is 230 Å². The van der Waals surface area contributed by atoms with Crippen LogP contribution in [-0.4, -0.2) is 44.8 Å². The first-order chi connectivity index (χ1) is 18.4. The van der Waals surface area contributed by atoms with Gasteiger partial charge in [0.05, 0.1) is 44.4 Å². The summed E-state index contributed by atoms with van der Waals surface area (Å²) >= 11 is 0. The van der Waals surface area contributed by atoms with E-state index in [0.29, 0.717) is 22.8 Å². The summed E-state index contributed by atoms with van der Waals surface area (Å²) in [5, 5.41) is 10.3. The molecule has 3 rings (SSSR count).